The second-order valence-corrected chi connectivity index (χ2v) is 5.72. The van der Waals surface area contributed by atoms with E-state index in [4.69, 9.17) is 17.3 Å². The number of benzene rings is 1. The fourth-order valence-corrected chi connectivity index (χ4v) is 3.47. The van der Waals surface area contributed by atoms with Crippen LogP contribution in [0.3, 0.4) is 0 Å². The first-order valence-electron chi connectivity index (χ1n) is 6.80. The molecule has 0 aromatic heterocycles. The van der Waals surface area contributed by atoms with E-state index in [0.29, 0.717) is 11.6 Å². The lowest BCUT2D eigenvalue weighted by Gasteiger charge is -2.26. The first-order chi connectivity index (χ1) is 8.57. The molecule has 0 saturated carbocycles. The lowest BCUT2D eigenvalue weighted by molar-refractivity contribution is 0.457. The van der Waals surface area contributed by atoms with Crippen LogP contribution in [0.25, 0.3) is 0 Å². The smallest absolute Gasteiger partial charge is 0.138 e. The first kappa shape index (κ1) is 13.7. The van der Waals surface area contributed by atoms with Crippen LogP contribution in [0.15, 0.2) is 0 Å². The Labute approximate surface area is 114 Å². The van der Waals surface area contributed by atoms with Crippen LogP contribution >= 0.6 is 11.6 Å². The van der Waals surface area contributed by atoms with Crippen molar-refractivity contribution in [2.24, 2.45) is 5.73 Å². The van der Waals surface area contributed by atoms with Gasteiger partial charge in [0.25, 0.3) is 0 Å². The van der Waals surface area contributed by atoms with Crippen LogP contribution < -0.4 is 5.73 Å². The van der Waals surface area contributed by atoms with Crippen molar-refractivity contribution in [3.05, 3.63) is 27.3 Å². The molecule has 1 unspecified atom stereocenters. The van der Waals surface area contributed by atoms with Gasteiger partial charge in [0.15, 0.2) is 0 Å². The summed E-state index contributed by atoms with van der Waals surface area (Å²) in [5.41, 5.74) is 10.4. The average molecular weight is 268 g/mol. The predicted octanol–water partition coefficient (Wildman–Crippen LogP) is 3.69. The summed E-state index contributed by atoms with van der Waals surface area (Å²) in [5, 5.41) is 10.9. The molecule has 0 bridgehead atoms. The predicted molar refractivity (Wildman–Crippen MR) is 76.6 cm³/mol. The van der Waals surface area contributed by atoms with Gasteiger partial charge >= 0.3 is 0 Å². The van der Waals surface area contributed by atoms with Crippen molar-refractivity contribution in [3.63, 3.8) is 0 Å². The summed E-state index contributed by atoms with van der Waals surface area (Å²) in [5.74, 6) is 0.551. The number of rotatable bonds is 3. The Morgan fingerprint density at radius 2 is 1.89 bits per heavy atom. The molecule has 0 aliphatic heterocycles. The molecule has 3 heteroatoms. The monoisotopic (exact) mass is 267 g/mol. The molecule has 1 aromatic rings. The molecule has 2 nitrogen and oxygen atoms in total. The highest BCUT2D eigenvalue weighted by molar-refractivity contribution is 6.33. The van der Waals surface area contributed by atoms with E-state index < -0.39 is 0 Å². The summed E-state index contributed by atoms with van der Waals surface area (Å²) in [4.78, 5) is 0. The van der Waals surface area contributed by atoms with Crippen LogP contribution in [-0.4, -0.2) is 11.7 Å². The molecular weight excluding hydrogens is 246 g/mol. The summed E-state index contributed by atoms with van der Waals surface area (Å²) in [6.45, 7) is 4.86. The standard InChI is InChI=1S/C15H22ClNO/c1-9(7-8-17)13-10(2)11-5-3-4-6-12(11)14(16)15(13)18/h9,18H,3-8,17H2,1-2H3. The third kappa shape index (κ3) is 2.24. The van der Waals surface area contributed by atoms with Crippen molar-refractivity contribution in [2.45, 2.75) is 51.9 Å². The molecule has 0 saturated heterocycles. The maximum atomic E-state index is 10.4. The lowest BCUT2D eigenvalue weighted by Crippen LogP contribution is -2.12. The molecule has 3 N–H and O–H groups in total. The van der Waals surface area contributed by atoms with E-state index in [1.54, 1.807) is 0 Å². The number of nitrogens with two attached hydrogens (primary N) is 1. The molecule has 100 valence electrons. The zero-order valence-corrected chi connectivity index (χ0v) is 12.0. The second kappa shape index (κ2) is 5.50. The quantitative estimate of drug-likeness (QED) is 0.877. The van der Waals surface area contributed by atoms with Crippen molar-refractivity contribution in [2.75, 3.05) is 6.54 Å². The van der Waals surface area contributed by atoms with Gasteiger partial charge in [0.1, 0.15) is 5.75 Å². The minimum atomic E-state index is 0.264. The normalized spacial score (nSPS) is 16.4. The van der Waals surface area contributed by atoms with Crippen molar-refractivity contribution in [3.8, 4) is 5.75 Å². The van der Waals surface area contributed by atoms with Crippen LogP contribution in [0, 0.1) is 6.92 Å². The number of hydrogen-bond acceptors (Lipinski definition) is 2. The summed E-state index contributed by atoms with van der Waals surface area (Å²) in [7, 11) is 0. The highest BCUT2D eigenvalue weighted by Crippen LogP contribution is 2.43. The van der Waals surface area contributed by atoms with Crippen LogP contribution in [0.2, 0.25) is 5.02 Å². The van der Waals surface area contributed by atoms with E-state index in [1.165, 1.54) is 29.5 Å². The minimum Gasteiger partial charge on any atom is -0.506 e. The molecule has 0 heterocycles. The minimum absolute atomic E-state index is 0.264. The Bertz CT molecular complexity index is 457. The van der Waals surface area contributed by atoms with Gasteiger partial charge in [0.2, 0.25) is 0 Å². The van der Waals surface area contributed by atoms with E-state index >= 15 is 0 Å². The molecule has 1 aromatic carbocycles. The molecule has 18 heavy (non-hydrogen) atoms. The Kier molecular flexibility index (Phi) is 4.18. The summed E-state index contributed by atoms with van der Waals surface area (Å²) in [6, 6.07) is 0. The number of phenols is 1. The van der Waals surface area contributed by atoms with Crippen LogP contribution in [0.5, 0.6) is 5.75 Å². The number of aromatic hydroxyl groups is 1. The van der Waals surface area contributed by atoms with Gasteiger partial charge in [-0.25, -0.2) is 0 Å². The van der Waals surface area contributed by atoms with E-state index in [0.717, 1.165) is 24.8 Å². The molecule has 0 amide bonds. The SMILES string of the molecule is Cc1c2c(c(Cl)c(O)c1C(C)CCN)CCCC2. The number of hydrogen-bond donors (Lipinski definition) is 2. The van der Waals surface area contributed by atoms with Gasteiger partial charge in [-0.1, -0.05) is 18.5 Å². The first-order valence-corrected chi connectivity index (χ1v) is 7.18. The van der Waals surface area contributed by atoms with E-state index in [1.807, 2.05) is 0 Å². The summed E-state index contributed by atoms with van der Waals surface area (Å²) < 4.78 is 0. The van der Waals surface area contributed by atoms with Gasteiger partial charge in [-0.05, 0) is 68.2 Å². The fraction of sp³-hybridized carbons (Fsp3) is 0.600. The molecule has 2 rings (SSSR count). The highest BCUT2D eigenvalue weighted by Gasteiger charge is 2.24. The molecule has 0 spiro atoms. The molecule has 1 aliphatic rings. The average Bonchev–Trinajstić information content (AvgIpc) is 2.37. The topological polar surface area (TPSA) is 46.2 Å². The van der Waals surface area contributed by atoms with Crippen molar-refractivity contribution >= 4 is 11.6 Å². The molecule has 1 atom stereocenters. The Hall–Kier alpha value is -0.730. The van der Waals surface area contributed by atoms with Gasteiger partial charge in [-0.3, -0.25) is 0 Å². The molecular formula is C15H22ClNO. The zero-order valence-electron chi connectivity index (χ0n) is 11.2. The summed E-state index contributed by atoms with van der Waals surface area (Å²) in [6.07, 6.45) is 5.35. The Balaban J connectivity index is 2.56. The maximum absolute atomic E-state index is 10.4. The van der Waals surface area contributed by atoms with Crippen molar-refractivity contribution < 1.29 is 5.11 Å². The maximum Gasteiger partial charge on any atom is 0.138 e. The van der Waals surface area contributed by atoms with E-state index in [-0.39, 0.29) is 11.7 Å². The molecule has 0 fully saturated rings. The third-order valence-corrected chi connectivity index (χ3v) is 4.55. The van der Waals surface area contributed by atoms with Crippen LogP contribution in [0.4, 0.5) is 0 Å². The Morgan fingerprint density at radius 3 is 2.50 bits per heavy atom. The van der Waals surface area contributed by atoms with Crippen LogP contribution in [0.1, 0.15) is 54.4 Å². The lowest BCUT2D eigenvalue weighted by atomic mass is 9.82. The van der Waals surface area contributed by atoms with E-state index in [2.05, 4.69) is 13.8 Å². The largest absolute Gasteiger partial charge is 0.506 e. The van der Waals surface area contributed by atoms with Gasteiger partial charge in [-0.2, -0.15) is 0 Å². The third-order valence-electron chi connectivity index (χ3n) is 4.14. The Morgan fingerprint density at radius 1 is 1.28 bits per heavy atom. The number of fused-ring (bicyclic) bond motifs is 1. The van der Waals surface area contributed by atoms with Gasteiger partial charge in [0, 0.05) is 5.56 Å². The highest BCUT2D eigenvalue weighted by atomic mass is 35.5. The fourth-order valence-electron chi connectivity index (χ4n) is 3.16. The molecule has 0 radical (unpaired) electrons. The van der Waals surface area contributed by atoms with Crippen molar-refractivity contribution in [1.82, 2.24) is 0 Å². The van der Waals surface area contributed by atoms with E-state index in [9.17, 15) is 5.11 Å². The van der Waals surface area contributed by atoms with Crippen LogP contribution in [-0.2, 0) is 12.8 Å². The van der Waals surface area contributed by atoms with Gasteiger partial charge in [-0.15, -0.1) is 0 Å². The van der Waals surface area contributed by atoms with Gasteiger partial charge < -0.3 is 10.8 Å². The number of phenolic OH excluding ortho intramolecular Hbond substituents is 1. The molecule has 1 aliphatic carbocycles. The number of halogens is 1. The second-order valence-electron chi connectivity index (χ2n) is 5.34. The van der Waals surface area contributed by atoms with Crippen molar-refractivity contribution in [1.29, 1.82) is 0 Å². The summed E-state index contributed by atoms with van der Waals surface area (Å²) >= 11 is 6.35. The van der Waals surface area contributed by atoms with Gasteiger partial charge in [0.05, 0.1) is 5.02 Å². The zero-order chi connectivity index (χ0) is 13.3.